The standard InChI is InChI=1S/C13H9FN2O/c14-12-4-2-10(3-5-12)11(9-17)8-13-15-6-1-7-16-13/h1-9H. The molecule has 0 aliphatic carbocycles. The molecule has 1 aromatic heterocycles. The Hall–Kier alpha value is -2.36. The van der Waals surface area contributed by atoms with Gasteiger partial charge in [-0.15, -0.1) is 0 Å². The minimum atomic E-state index is -0.338. The molecule has 0 fully saturated rings. The smallest absolute Gasteiger partial charge is 0.152 e. The van der Waals surface area contributed by atoms with Gasteiger partial charge in [-0.05, 0) is 29.8 Å². The lowest BCUT2D eigenvalue weighted by molar-refractivity contribution is -0.103. The van der Waals surface area contributed by atoms with Gasteiger partial charge < -0.3 is 0 Å². The zero-order valence-electron chi connectivity index (χ0n) is 8.88. The number of carbonyl (C=O) groups excluding carboxylic acids is 1. The first-order chi connectivity index (χ1) is 8.29. The molecular weight excluding hydrogens is 219 g/mol. The summed E-state index contributed by atoms with van der Waals surface area (Å²) in [4.78, 5) is 19.0. The number of allylic oxidation sites excluding steroid dienone is 1. The number of hydrogen-bond donors (Lipinski definition) is 0. The van der Waals surface area contributed by atoms with Crippen molar-refractivity contribution < 1.29 is 9.18 Å². The van der Waals surface area contributed by atoms with Gasteiger partial charge >= 0.3 is 0 Å². The van der Waals surface area contributed by atoms with E-state index in [0.29, 0.717) is 23.2 Å². The van der Waals surface area contributed by atoms with Gasteiger partial charge in [0.1, 0.15) is 5.82 Å². The van der Waals surface area contributed by atoms with E-state index >= 15 is 0 Å². The van der Waals surface area contributed by atoms with Crippen LogP contribution in [0.5, 0.6) is 0 Å². The summed E-state index contributed by atoms with van der Waals surface area (Å²) in [6, 6.07) is 7.38. The first-order valence-electron chi connectivity index (χ1n) is 4.99. The van der Waals surface area contributed by atoms with E-state index in [1.165, 1.54) is 12.1 Å². The van der Waals surface area contributed by atoms with Crippen LogP contribution in [0.25, 0.3) is 11.6 Å². The highest BCUT2D eigenvalue weighted by molar-refractivity contribution is 6.12. The summed E-state index contributed by atoms with van der Waals surface area (Å²) in [5, 5.41) is 0. The fourth-order valence-electron chi connectivity index (χ4n) is 1.35. The summed E-state index contributed by atoms with van der Waals surface area (Å²) >= 11 is 0. The molecule has 0 atom stereocenters. The highest BCUT2D eigenvalue weighted by atomic mass is 19.1. The third kappa shape index (κ3) is 2.81. The minimum absolute atomic E-state index is 0.338. The predicted molar refractivity (Wildman–Crippen MR) is 62.4 cm³/mol. The molecule has 0 saturated carbocycles. The number of aromatic nitrogens is 2. The van der Waals surface area contributed by atoms with Crippen molar-refractivity contribution >= 4 is 17.9 Å². The van der Waals surface area contributed by atoms with Crippen LogP contribution in [0, 0.1) is 5.82 Å². The number of rotatable bonds is 3. The zero-order chi connectivity index (χ0) is 12.1. The van der Waals surface area contributed by atoms with Gasteiger partial charge in [0.2, 0.25) is 0 Å². The number of aldehydes is 1. The summed E-state index contributed by atoms with van der Waals surface area (Å²) in [6.45, 7) is 0. The molecule has 0 bridgehead atoms. The maximum Gasteiger partial charge on any atom is 0.152 e. The molecule has 0 saturated heterocycles. The minimum Gasteiger partial charge on any atom is -0.298 e. The maximum atomic E-state index is 12.7. The molecule has 2 rings (SSSR count). The summed E-state index contributed by atoms with van der Waals surface area (Å²) in [5.41, 5.74) is 1.05. The van der Waals surface area contributed by atoms with Crippen LogP contribution < -0.4 is 0 Å². The Labute approximate surface area is 97.7 Å². The Morgan fingerprint density at radius 2 is 1.76 bits per heavy atom. The van der Waals surface area contributed by atoms with E-state index in [2.05, 4.69) is 9.97 Å². The first-order valence-corrected chi connectivity index (χ1v) is 4.99. The second kappa shape index (κ2) is 5.12. The van der Waals surface area contributed by atoms with Crippen molar-refractivity contribution in [1.29, 1.82) is 0 Å². The molecule has 1 heterocycles. The van der Waals surface area contributed by atoms with E-state index in [9.17, 15) is 9.18 Å². The van der Waals surface area contributed by atoms with E-state index in [-0.39, 0.29) is 5.82 Å². The summed E-state index contributed by atoms with van der Waals surface area (Å²) in [6.07, 6.45) is 5.43. The highest BCUT2D eigenvalue weighted by Gasteiger charge is 2.01. The fraction of sp³-hybridized carbons (Fsp3) is 0. The lowest BCUT2D eigenvalue weighted by atomic mass is 10.1. The van der Waals surface area contributed by atoms with Gasteiger partial charge in [-0.2, -0.15) is 0 Å². The Kier molecular flexibility index (Phi) is 3.35. The third-order valence-electron chi connectivity index (χ3n) is 2.17. The van der Waals surface area contributed by atoms with Crippen LogP contribution in [0.2, 0.25) is 0 Å². The summed E-state index contributed by atoms with van der Waals surface area (Å²) in [7, 11) is 0. The predicted octanol–water partition coefficient (Wildman–Crippen LogP) is 2.36. The fourth-order valence-corrected chi connectivity index (χ4v) is 1.35. The molecule has 17 heavy (non-hydrogen) atoms. The Morgan fingerprint density at radius 1 is 1.12 bits per heavy atom. The summed E-state index contributed by atoms with van der Waals surface area (Å²) in [5.74, 6) is 0.105. The van der Waals surface area contributed by atoms with E-state index in [1.807, 2.05) is 0 Å². The van der Waals surface area contributed by atoms with Crippen molar-refractivity contribution in [3.05, 3.63) is 59.9 Å². The van der Waals surface area contributed by atoms with Gasteiger partial charge in [0.05, 0.1) is 0 Å². The second-order valence-corrected chi connectivity index (χ2v) is 3.33. The van der Waals surface area contributed by atoms with Crippen molar-refractivity contribution in [2.75, 3.05) is 0 Å². The average Bonchev–Trinajstić information content (AvgIpc) is 2.38. The van der Waals surface area contributed by atoms with Gasteiger partial charge in [-0.25, -0.2) is 14.4 Å². The molecule has 0 aliphatic heterocycles. The number of nitrogens with zero attached hydrogens (tertiary/aromatic N) is 2. The summed E-state index contributed by atoms with van der Waals surface area (Å²) < 4.78 is 12.7. The zero-order valence-corrected chi connectivity index (χ0v) is 8.88. The van der Waals surface area contributed by atoms with Gasteiger partial charge in [-0.3, -0.25) is 4.79 Å². The molecule has 84 valence electrons. The van der Waals surface area contributed by atoms with Gasteiger partial charge in [0.15, 0.2) is 12.1 Å². The average molecular weight is 228 g/mol. The lowest BCUT2D eigenvalue weighted by Gasteiger charge is -1.99. The van der Waals surface area contributed by atoms with Crippen molar-refractivity contribution in [3.63, 3.8) is 0 Å². The highest BCUT2D eigenvalue weighted by Crippen LogP contribution is 2.14. The lowest BCUT2D eigenvalue weighted by Crippen LogP contribution is -1.90. The second-order valence-electron chi connectivity index (χ2n) is 3.33. The monoisotopic (exact) mass is 228 g/mol. The van der Waals surface area contributed by atoms with Crippen LogP contribution in [0.1, 0.15) is 11.4 Å². The SMILES string of the molecule is O=CC(=Cc1ncccn1)c1ccc(F)cc1. The Balaban J connectivity index is 2.37. The van der Waals surface area contributed by atoms with Crippen LogP contribution in [0.4, 0.5) is 4.39 Å². The van der Waals surface area contributed by atoms with E-state index in [1.54, 1.807) is 36.7 Å². The molecule has 2 aromatic rings. The van der Waals surface area contributed by atoms with Gasteiger partial charge in [0.25, 0.3) is 0 Å². The normalized spacial score (nSPS) is 11.2. The van der Waals surface area contributed by atoms with Crippen molar-refractivity contribution in [1.82, 2.24) is 9.97 Å². The van der Waals surface area contributed by atoms with E-state index in [4.69, 9.17) is 0 Å². The molecular formula is C13H9FN2O. The molecule has 1 aromatic carbocycles. The first kappa shape index (κ1) is 11.1. The molecule has 0 spiro atoms. The largest absolute Gasteiger partial charge is 0.298 e. The van der Waals surface area contributed by atoms with Crippen LogP contribution in [0.3, 0.4) is 0 Å². The number of benzene rings is 1. The van der Waals surface area contributed by atoms with Crippen LogP contribution in [-0.4, -0.2) is 16.3 Å². The molecule has 0 aliphatic rings. The molecule has 0 unspecified atom stereocenters. The molecule has 3 nitrogen and oxygen atoms in total. The molecule has 0 radical (unpaired) electrons. The third-order valence-corrected chi connectivity index (χ3v) is 2.17. The topological polar surface area (TPSA) is 42.9 Å². The molecule has 0 N–H and O–H groups in total. The number of hydrogen-bond acceptors (Lipinski definition) is 3. The van der Waals surface area contributed by atoms with Gasteiger partial charge in [0, 0.05) is 18.0 Å². The van der Waals surface area contributed by atoms with Crippen molar-refractivity contribution in [3.8, 4) is 0 Å². The Morgan fingerprint density at radius 3 is 2.35 bits per heavy atom. The van der Waals surface area contributed by atoms with Gasteiger partial charge in [-0.1, -0.05) is 12.1 Å². The van der Waals surface area contributed by atoms with Crippen LogP contribution in [0.15, 0.2) is 42.7 Å². The van der Waals surface area contributed by atoms with Crippen molar-refractivity contribution in [2.45, 2.75) is 0 Å². The van der Waals surface area contributed by atoms with E-state index < -0.39 is 0 Å². The number of carbonyl (C=O) groups is 1. The Bertz CT molecular complexity index is 535. The number of halogens is 1. The van der Waals surface area contributed by atoms with Crippen LogP contribution >= 0.6 is 0 Å². The molecule has 0 amide bonds. The van der Waals surface area contributed by atoms with E-state index in [0.717, 1.165) is 0 Å². The quantitative estimate of drug-likeness (QED) is 0.598. The van der Waals surface area contributed by atoms with Crippen molar-refractivity contribution in [2.24, 2.45) is 0 Å². The molecule has 4 heteroatoms. The van der Waals surface area contributed by atoms with Crippen LogP contribution in [-0.2, 0) is 4.79 Å². The maximum absolute atomic E-state index is 12.7.